The Morgan fingerprint density at radius 3 is 2.68 bits per heavy atom. The molecule has 3 aromatic rings. The van der Waals surface area contributed by atoms with Crippen LogP contribution in [0.2, 0.25) is 5.02 Å². The molecule has 1 aromatic carbocycles. The number of rotatable bonds is 4. The molecule has 0 fully saturated rings. The van der Waals surface area contributed by atoms with Crippen LogP contribution < -0.4 is 0 Å². The Morgan fingerprint density at radius 1 is 1.18 bits per heavy atom. The van der Waals surface area contributed by atoms with Crippen molar-refractivity contribution in [1.29, 1.82) is 0 Å². The maximum absolute atomic E-state index is 11.0. The molecule has 0 bridgehead atoms. The van der Waals surface area contributed by atoms with E-state index in [9.17, 15) is 4.79 Å². The predicted octanol–water partition coefficient (Wildman–Crippen LogP) is 4.03. The second-order valence-electron chi connectivity index (χ2n) is 4.56. The van der Waals surface area contributed by atoms with Gasteiger partial charge >= 0.3 is 5.97 Å². The Kier molecular flexibility index (Phi) is 3.84. The molecule has 0 unspecified atom stereocenters. The predicted molar refractivity (Wildman–Crippen MR) is 82.2 cm³/mol. The monoisotopic (exact) mass is 314 g/mol. The number of nitrogens with zero attached hydrogens (tertiary/aromatic N) is 4. The summed E-state index contributed by atoms with van der Waals surface area (Å²) in [5, 5.41) is 17.8. The normalized spacial score (nSPS) is 11.3. The Morgan fingerprint density at radius 2 is 1.95 bits per heavy atom. The Balaban J connectivity index is 2.10. The fourth-order valence-electron chi connectivity index (χ4n) is 2.02. The van der Waals surface area contributed by atoms with Crippen molar-refractivity contribution >= 4 is 34.7 Å². The number of imidazole rings is 1. The summed E-state index contributed by atoms with van der Waals surface area (Å²) in [7, 11) is 0. The number of carbonyl (C=O) groups is 1. The van der Waals surface area contributed by atoms with Gasteiger partial charge in [0.15, 0.2) is 5.82 Å². The van der Waals surface area contributed by atoms with Gasteiger partial charge in [0.2, 0.25) is 0 Å². The third kappa shape index (κ3) is 2.96. The number of halogens is 1. The van der Waals surface area contributed by atoms with Crippen LogP contribution in [0.5, 0.6) is 0 Å². The van der Waals surface area contributed by atoms with E-state index in [4.69, 9.17) is 16.7 Å². The average molecular weight is 315 g/mol. The highest BCUT2D eigenvalue weighted by Crippen LogP contribution is 2.26. The van der Waals surface area contributed by atoms with Crippen molar-refractivity contribution in [2.24, 2.45) is 10.2 Å². The molecule has 3 rings (SSSR count). The molecule has 0 atom stereocenters. The van der Waals surface area contributed by atoms with E-state index >= 15 is 0 Å². The van der Waals surface area contributed by atoms with Crippen molar-refractivity contribution < 1.29 is 9.90 Å². The van der Waals surface area contributed by atoms with Crippen LogP contribution in [0.3, 0.4) is 0 Å². The van der Waals surface area contributed by atoms with Crippen molar-refractivity contribution in [3.63, 3.8) is 0 Å². The highest BCUT2D eigenvalue weighted by atomic mass is 35.5. The molecule has 0 aliphatic heterocycles. The van der Waals surface area contributed by atoms with Crippen molar-refractivity contribution in [3.05, 3.63) is 59.4 Å². The van der Waals surface area contributed by atoms with Crippen molar-refractivity contribution in [2.75, 3.05) is 0 Å². The molecular formula is C15H11ClN4O2. The van der Waals surface area contributed by atoms with Gasteiger partial charge in [0.05, 0.1) is 22.8 Å². The second kappa shape index (κ2) is 5.95. The van der Waals surface area contributed by atoms with Crippen molar-refractivity contribution in [3.8, 4) is 0 Å². The van der Waals surface area contributed by atoms with Crippen LogP contribution >= 0.6 is 11.6 Å². The van der Waals surface area contributed by atoms with Gasteiger partial charge in [-0.2, -0.15) is 0 Å². The highest BCUT2D eigenvalue weighted by molar-refractivity contribution is 6.30. The van der Waals surface area contributed by atoms with Crippen LogP contribution in [0.1, 0.15) is 5.69 Å². The summed E-state index contributed by atoms with van der Waals surface area (Å²) in [6, 6.07) is 12.6. The first-order valence-corrected chi connectivity index (χ1v) is 6.86. The first-order chi connectivity index (χ1) is 10.6. The minimum absolute atomic E-state index is 0.234. The third-order valence-electron chi connectivity index (χ3n) is 2.96. The van der Waals surface area contributed by atoms with Gasteiger partial charge < -0.3 is 5.11 Å². The standard InChI is InChI=1S/C15H11ClN4O2/c16-10-6-7-13-17-12(8-14(21)22)15(20(13)9-10)19-18-11-4-2-1-3-5-11/h1-7,9H,8H2,(H,21,22). The first-order valence-electron chi connectivity index (χ1n) is 6.48. The molecule has 6 nitrogen and oxygen atoms in total. The smallest absolute Gasteiger partial charge is 0.309 e. The zero-order chi connectivity index (χ0) is 15.5. The molecule has 0 saturated heterocycles. The van der Waals surface area contributed by atoms with Crippen LogP contribution in [0.4, 0.5) is 11.5 Å². The first kappa shape index (κ1) is 14.2. The minimum atomic E-state index is -0.981. The second-order valence-corrected chi connectivity index (χ2v) is 5.00. The third-order valence-corrected chi connectivity index (χ3v) is 3.19. The lowest BCUT2D eigenvalue weighted by Gasteiger charge is -1.98. The van der Waals surface area contributed by atoms with E-state index in [1.54, 1.807) is 34.9 Å². The number of fused-ring (bicyclic) bond motifs is 1. The maximum Gasteiger partial charge on any atom is 0.309 e. The number of pyridine rings is 1. The van der Waals surface area contributed by atoms with Crippen LogP contribution in [0.25, 0.3) is 5.65 Å². The minimum Gasteiger partial charge on any atom is -0.481 e. The van der Waals surface area contributed by atoms with Gasteiger partial charge in [-0.3, -0.25) is 9.20 Å². The molecule has 0 saturated carbocycles. The highest BCUT2D eigenvalue weighted by Gasteiger charge is 2.15. The summed E-state index contributed by atoms with van der Waals surface area (Å²) in [5.74, 6) is -0.616. The summed E-state index contributed by atoms with van der Waals surface area (Å²) < 4.78 is 1.63. The van der Waals surface area contributed by atoms with Gasteiger partial charge in [0.25, 0.3) is 0 Å². The summed E-state index contributed by atoms with van der Waals surface area (Å²) in [5.41, 5.74) is 1.58. The lowest BCUT2D eigenvalue weighted by molar-refractivity contribution is -0.136. The van der Waals surface area contributed by atoms with Crippen LogP contribution in [-0.4, -0.2) is 20.5 Å². The maximum atomic E-state index is 11.0. The summed E-state index contributed by atoms with van der Waals surface area (Å²) in [6.45, 7) is 0. The number of hydrogen-bond acceptors (Lipinski definition) is 4. The van der Waals surface area contributed by atoms with Gasteiger partial charge in [0.1, 0.15) is 5.65 Å². The number of carboxylic acid groups (broad SMARTS) is 1. The van der Waals surface area contributed by atoms with Gasteiger partial charge in [-0.1, -0.05) is 29.8 Å². The number of carboxylic acids is 1. The molecular weight excluding hydrogens is 304 g/mol. The molecule has 0 aliphatic carbocycles. The SMILES string of the molecule is O=C(O)Cc1nc2ccc(Cl)cn2c1N=Nc1ccccc1. The van der Waals surface area contributed by atoms with Gasteiger partial charge in [-0.05, 0) is 24.3 Å². The van der Waals surface area contributed by atoms with E-state index in [-0.39, 0.29) is 6.42 Å². The molecule has 0 amide bonds. The van der Waals surface area contributed by atoms with Gasteiger partial charge in [0, 0.05) is 6.20 Å². The lowest BCUT2D eigenvalue weighted by Crippen LogP contribution is -2.00. The van der Waals surface area contributed by atoms with Crippen molar-refractivity contribution in [2.45, 2.75) is 6.42 Å². The quantitative estimate of drug-likeness (QED) is 0.738. The molecule has 22 heavy (non-hydrogen) atoms. The molecule has 0 aliphatic rings. The van der Waals surface area contributed by atoms with Gasteiger partial charge in [-0.25, -0.2) is 4.98 Å². The van der Waals surface area contributed by atoms with Crippen molar-refractivity contribution in [1.82, 2.24) is 9.38 Å². The molecule has 2 aromatic heterocycles. The van der Waals surface area contributed by atoms with E-state index in [1.165, 1.54) is 0 Å². The molecule has 1 N–H and O–H groups in total. The topological polar surface area (TPSA) is 79.3 Å². The number of azo groups is 1. The van der Waals surface area contributed by atoms with Crippen LogP contribution in [0.15, 0.2) is 58.9 Å². The van der Waals surface area contributed by atoms with Crippen LogP contribution in [-0.2, 0) is 11.2 Å². The summed E-state index contributed by atoms with van der Waals surface area (Å²) in [4.78, 5) is 15.3. The van der Waals surface area contributed by atoms with Crippen LogP contribution in [0, 0.1) is 0 Å². The molecule has 7 heteroatoms. The van der Waals surface area contributed by atoms with E-state index in [0.717, 1.165) is 0 Å². The lowest BCUT2D eigenvalue weighted by atomic mass is 10.3. The number of hydrogen-bond donors (Lipinski definition) is 1. The fourth-order valence-corrected chi connectivity index (χ4v) is 2.18. The average Bonchev–Trinajstić information content (AvgIpc) is 2.82. The Hall–Kier alpha value is -2.73. The molecule has 0 spiro atoms. The summed E-state index contributed by atoms with van der Waals surface area (Å²) in [6.07, 6.45) is 1.40. The number of benzene rings is 1. The zero-order valence-electron chi connectivity index (χ0n) is 11.3. The van der Waals surface area contributed by atoms with E-state index in [2.05, 4.69) is 15.2 Å². The Bertz CT molecular complexity index is 859. The van der Waals surface area contributed by atoms with E-state index < -0.39 is 5.97 Å². The van der Waals surface area contributed by atoms with Gasteiger partial charge in [-0.15, -0.1) is 10.2 Å². The zero-order valence-corrected chi connectivity index (χ0v) is 12.1. The molecule has 0 radical (unpaired) electrons. The Labute approximate surface area is 130 Å². The summed E-state index contributed by atoms with van der Waals surface area (Å²) >= 11 is 5.99. The number of aliphatic carboxylic acids is 1. The largest absolute Gasteiger partial charge is 0.481 e. The van der Waals surface area contributed by atoms with E-state index in [0.29, 0.717) is 27.9 Å². The molecule has 110 valence electrons. The fraction of sp³-hybridized carbons (Fsp3) is 0.0667. The van der Waals surface area contributed by atoms with E-state index in [1.807, 2.05) is 18.2 Å². The molecule has 2 heterocycles. The number of aromatic nitrogens is 2.